The van der Waals surface area contributed by atoms with Crippen molar-refractivity contribution in [1.82, 2.24) is 0 Å². The molecule has 0 aromatic heterocycles. The average Bonchev–Trinajstić information content (AvgIpc) is 2.47. The zero-order valence-corrected chi connectivity index (χ0v) is 8.70. The van der Waals surface area contributed by atoms with E-state index in [1.807, 2.05) is 0 Å². The van der Waals surface area contributed by atoms with Crippen molar-refractivity contribution >= 4 is 12.2 Å². The molecule has 4 N–H and O–H groups in total. The number of ether oxygens (including phenoxy) is 2. The highest BCUT2D eigenvalue weighted by Crippen LogP contribution is 2.16. The van der Waals surface area contributed by atoms with E-state index < -0.39 is 67.1 Å². The Bertz CT molecular complexity index is 607. The first-order valence-corrected chi connectivity index (χ1v) is 4.43. The number of hydrogen-bond donors (Lipinski definition) is 2. The smallest absolute Gasteiger partial charge is 0.404 e. The van der Waals surface area contributed by atoms with Crippen molar-refractivity contribution in [3.05, 3.63) is 35.8 Å². The van der Waals surface area contributed by atoms with Gasteiger partial charge >= 0.3 is 12.2 Å². The highest BCUT2D eigenvalue weighted by atomic mass is 16.6. The van der Waals surface area contributed by atoms with Gasteiger partial charge < -0.3 is 20.9 Å². The molecule has 92 valence electrons. The third-order valence-electron chi connectivity index (χ3n) is 1.63. The number of amides is 2. The quantitative estimate of drug-likeness (QED) is 0.804. The molecule has 2 amide bonds. The van der Waals surface area contributed by atoms with E-state index in [1.54, 1.807) is 0 Å². The van der Waals surface area contributed by atoms with Crippen LogP contribution in [0.25, 0.3) is 0 Å². The first-order chi connectivity index (χ1) is 10.5. The number of carbonyl (C=O) groups is 2. The predicted molar refractivity (Wildman–Crippen MR) is 60.3 cm³/mol. The lowest BCUT2D eigenvalue weighted by Crippen LogP contribution is -2.23. The van der Waals surface area contributed by atoms with Crippen LogP contribution in [-0.2, 0) is 9.47 Å². The molecule has 1 aromatic carbocycles. The number of primary amides is 2. The van der Waals surface area contributed by atoms with Crippen molar-refractivity contribution in [1.29, 1.82) is 0 Å². The number of carbonyl (C=O) groups excluding carboxylic acids is 2. The van der Waals surface area contributed by atoms with E-state index in [-0.39, 0.29) is 0 Å². The Morgan fingerprint density at radius 1 is 1.18 bits per heavy atom. The molecule has 6 nitrogen and oxygen atoms in total. The minimum Gasteiger partial charge on any atom is -0.449 e. The van der Waals surface area contributed by atoms with Gasteiger partial charge in [0.25, 0.3) is 0 Å². The topological polar surface area (TPSA) is 105 Å². The van der Waals surface area contributed by atoms with Crippen molar-refractivity contribution in [3.8, 4) is 0 Å². The Kier molecular flexibility index (Phi) is 2.43. The molecule has 0 heterocycles. The number of hydrogen-bond acceptors (Lipinski definition) is 4. The van der Waals surface area contributed by atoms with Crippen molar-refractivity contribution < 1.29 is 27.3 Å². The molecule has 0 saturated heterocycles. The van der Waals surface area contributed by atoms with Crippen LogP contribution in [0.4, 0.5) is 9.59 Å². The molecule has 0 unspecified atom stereocenters. The maximum Gasteiger partial charge on any atom is 0.404 e. The Morgan fingerprint density at radius 2 is 1.65 bits per heavy atom. The molecular weight excluding hydrogens is 224 g/mol. The normalized spacial score (nSPS) is 15.5. The Balaban J connectivity index is 3.47. The van der Waals surface area contributed by atoms with Gasteiger partial charge in [0.1, 0.15) is 13.2 Å². The average molecular weight is 244 g/mol. The summed E-state index contributed by atoms with van der Waals surface area (Å²) in [4.78, 5) is 21.5. The van der Waals surface area contributed by atoms with Gasteiger partial charge in [0.15, 0.2) is 0 Å². The van der Waals surface area contributed by atoms with E-state index in [0.29, 0.717) is 0 Å². The third kappa shape index (κ3) is 4.87. The van der Waals surface area contributed by atoms with E-state index in [1.165, 1.54) is 0 Å². The summed E-state index contributed by atoms with van der Waals surface area (Å²) in [6.07, 6.45) is -2.49. The van der Waals surface area contributed by atoms with Crippen LogP contribution >= 0.6 is 0 Å². The molecular formula is C11H14N2O4. The molecule has 6 heteroatoms. The van der Waals surface area contributed by atoms with Crippen LogP contribution in [0.1, 0.15) is 19.7 Å². The summed E-state index contributed by atoms with van der Waals surface area (Å²) in [6.45, 7) is -1.60. The fraction of sp³-hybridized carbons (Fsp3) is 0.273. The standard InChI is InChI=1S/C11H14N2O4/c12-10(14)16-6-9(7-17-11(13)15)8-4-2-1-3-5-8/h1-5,9H,6-7H2,(H2,12,14)(H2,13,15)/i1D,2D,3D,4D,5D,9D. The van der Waals surface area contributed by atoms with Crippen LogP contribution in [0.5, 0.6) is 0 Å². The maximum atomic E-state index is 10.8. The zero-order valence-electron chi connectivity index (χ0n) is 14.7. The third-order valence-corrected chi connectivity index (χ3v) is 1.63. The van der Waals surface area contributed by atoms with Gasteiger partial charge in [0.05, 0.1) is 12.7 Å². The molecule has 1 aromatic rings. The summed E-state index contributed by atoms with van der Waals surface area (Å²) in [5.41, 5.74) is 9.13. The van der Waals surface area contributed by atoms with E-state index >= 15 is 0 Å². The molecule has 0 aliphatic rings. The van der Waals surface area contributed by atoms with Crippen LogP contribution in [-0.4, -0.2) is 25.4 Å². The summed E-state index contributed by atoms with van der Waals surface area (Å²) >= 11 is 0. The van der Waals surface area contributed by atoms with Crippen LogP contribution in [0, 0.1) is 0 Å². The van der Waals surface area contributed by atoms with Gasteiger partial charge in [-0.15, -0.1) is 0 Å². The first-order valence-electron chi connectivity index (χ1n) is 7.43. The molecule has 0 aliphatic carbocycles. The molecule has 17 heavy (non-hydrogen) atoms. The number of nitrogens with two attached hydrogens (primary N) is 2. The van der Waals surface area contributed by atoms with Crippen molar-refractivity contribution in [3.63, 3.8) is 0 Å². The van der Waals surface area contributed by atoms with E-state index in [0.717, 1.165) is 0 Å². The Morgan fingerprint density at radius 3 is 2.06 bits per heavy atom. The largest absolute Gasteiger partial charge is 0.449 e. The van der Waals surface area contributed by atoms with Gasteiger partial charge in [-0.25, -0.2) is 9.59 Å². The monoisotopic (exact) mass is 244 g/mol. The van der Waals surface area contributed by atoms with E-state index in [4.69, 9.17) is 19.7 Å². The van der Waals surface area contributed by atoms with Crippen molar-refractivity contribution in [2.24, 2.45) is 11.5 Å². The minimum absolute atomic E-state index is 0.508. The van der Waals surface area contributed by atoms with E-state index in [9.17, 15) is 9.59 Å². The SMILES string of the molecule is [2H]c1c([2H])c([2H])c(C([2H])(COC(N)=O)COC(N)=O)c([2H])c1[2H]. The van der Waals surface area contributed by atoms with E-state index in [2.05, 4.69) is 9.47 Å². The van der Waals surface area contributed by atoms with Crippen molar-refractivity contribution in [2.45, 2.75) is 5.89 Å². The van der Waals surface area contributed by atoms with Crippen LogP contribution in [0.15, 0.2) is 30.2 Å². The van der Waals surface area contributed by atoms with Gasteiger partial charge in [0.2, 0.25) is 0 Å². The lowest BCUT2D eigenvalue weighted by Gasteiger charge is -2.16. The molecule has 0 saturated carbocycles. The lowest BCUT2D eigenvalue weighted by molar-refractivity contribution is 0.116. The molecule has 0 bridgehead atoms. The molecule has 0 spiro atoms. The summed E-state index contributed by atoms with van der Waals surface area (Å²) in [7, 11) is 0. The highest BCUT2D eigenvalue weighted by Gasteiger charge is 2.15. The number of rotatable bonds is 5. The van der Waals surface area contributed by atoms with Crippen molar-refractivity contribution in [2.75, 3.05) is 13.2 Å². The van der Waals surface area contributed by atoms with Crippen LogP contribution in [0.2, 0.25) is 0 Å². The minimum atomic E-state index is -2.18. The van der Waals surface area contributed by atoms with Gasteiger partial charge in [-0.05, 0) is 5.56 Å². The molecule has 0 aliphatic heterocycles. The predicted octanol–water partition coefficient (Wildman–Crippen LogP) is 0.961. The summed E-state index contributed by atoms with van der Waals surface area (Å²) in [5, 5.41) is 0. The van der Waals surface area contributed by atoms with Crippen LogP contribution in [0.3, 0.4) is 0 Å². The summed E-state index contributed by atoms with van der Waals surface area (Å²) < 4.78 is 55.6. The lowest BCUT2D eigenvalue weighted by atomic mass is 10.0. The second-order valence-electron chi connectivity index (χ2n) is 2.82. The van der Waals surface area contributed by atoms with Crippen LogP contribution < -0.4 is 11.5 Å². The van der Waals surface area contributed by atoms with Gasteiger partial charge in [-0.2, -0.15) is 0 Å². The second-order valence-corrected chi connectivity index (χ2v) is 2.82. The maximum absolute atomic E-state index is 10.8. The summed E-state index contributed by atoms with van der Waals surface area (Å²) in [6, 6.07) is -3.40. The van der Waals surface area contributed by atoms with Gasteiger partial charge in [-0.1, -0.05) is 30.2 Å². The van der Waals surface area contributed by atoms with Gasteiger partial charge in [0, 0.05) is 1.37 Å². The Labute approximate surface area is 107 Å². The first kappa shape index (κ1) is 6.48. The zero-order chi connectivity index (χ0) is 17.9. The second kappa shape index (κ2) is 6.37. The molecule has 1 rings (SSSR count). The number of benzene rings is 1. The fourth-order valence-electron chi connectivity index (χ4n) is 0.929. The molecule has 0 fully saturated rings. The fourth-order valence-corrected chi connectivity index (χ4v) is 0.929. The van der Waals surface area contributed by atoms with Gasteiger partial charge in [-0.3, -0.25) is 0 Å². The molecule has 0 radical (unpaired) electrons. The Hall–Kier alpha value is -2.24. The summed E-state index contributed by atoms with van der Waals surface area (Å²) in [5.74, 6) is -2.18. The highest BCUT2D eigenvalue weighted by molar-refractivity contribution is 5.65. The molecule has 0 atom stereocenters.